The third-order valence-corrected chi connectivity index (χ3v) is 5.06. The lowest BCUT2D eigenvalue weighted by atomic mass is 9.92. The van der Waals surface area contributed by atoms with E-state index in [1.807, 2.05) is 50.5 Å². The number of fused-ring (bicyclic) bond motifs is 1. The summed E-state index contributed by atoms with van der Waals surface area (Å²) in [7, 11) is 1.83. The van der Waals surface area contributed by atoms with Gasteiger partial charge in [-0.1, -0.05) is 24.3 Å². The number of aliphatic hydroxyl groups excluding tert-OH is 1. The van der Waals surface area contributed by atoms with Crippen molar-refractivity contribution < 1.29 is 5.11 Å². The van der Waals surface area contributed by atoms with Crippen molar-refractivity contribution in [2.45, 2.75) is 26.0 Å². The second-order valence-electron chi connectivity index (χ2n) is 7.16. The van der Waals surface area contributed by atoms with Gasteiger partial charge >= 0.3 is 0 Å². The van der Waals surface area contributed by atoms with Gasteiger partial charge in [-0.05, 0) is 48.2 Å². The Labute approximate surface area is 172 Å². The second-order valence-corrected chi connectivity index (χ2v) is 7.16. The first kappa shape index (κ1) is 20.5. The molecule has 0 aliphatic carbocycles. The zero-order valence-corrected chi connectivity index (χ0v) is 16.9. The van der Waals surface area contributed by atoms with Gasteiger partial charge in [-0.25, -0.2) is 0 Å². The van der Waals surface area contributed by atoms with Crippen molar-refractivity contribution in [2.24, 2.45) is 5.73 Å². The average Bonchev–Trinajstić information content (AvgIpc) is 2.91. The number of benzene rings is 2. The summed E-state index contributed by atoms with van der Waals surface area (Å²) >= 11 is 0. The number of anilines is 1. The molecule has 1 aliphatic rings. The number of allylic oxidation sites excluding steroid dienone is 2. The number of nitrogens with one attached hydrogen (secondary N) is 4. The average molecular weight is 392 g/mol. The van der Waals surface area contributed by atoms with Gasteiger partial charge in [-0.3, -0.25) is 0 Å². The van der Waals surface area contributed by atoms with Crippen molar-refractivity contribution in [2.75, 3.05) is 18.9 Å². The molecule has 0 aromatic heterocycles. The Kier molecular flexibility index (Phi) is 6.57. The predicted molar refractivity (Wildman–Crippen MR) is 120 cm³/mol. The molecular weight excluding hydrogens is 362 g/mol. The first-order valence-corrected chi connectivity index (χ1v) is 9.76. The normalized spacial score (nSPS) is 18.2. The van der Waals surface area contributed by atoms with Gasteiger partial charge in [-0.15, -0.1) is 0 Å². The largest absolute Gasteiger partial charge is 0.401 e. The molecule has 0 amide bonds. The molecule has 1 aliphatic heterocycles. The van der Waals surface area contributed by atoms with Gasteiger partial charge in [0.15, 0.2) is 0 Å². The van der Waals surface area contributed by atoms with E-state index in [9.17, 15) is 5.11 Å². The molecule has 0 radical (unpaired) electrons. The van der Waals surface area contributed by atoms with Crippen molar-refractivity contribution in [3.05, 3.63) is 76.6 Å². The lowest BCUT2D eigenvalue weighted by molar-refractivity contribution is 0.282. The summed E-state index contributed by atoms with van der Waals surface area (Å²) in [6.45, 7) is 2.71. The van der Waals surface area contributed by atoms with E-state index in [2.05, 4.69) is 28.1 Å². The molecule has 1 atom stereocenters. The van der Waals surface area contributed by atoms with Gasteiger partial charge in [0.1, 0.15) is 0 Å². The van der Waals surface area contributed by atoms with Crippen molar-refractivity contribution in [1.82, 2.24) is 10.6 Å². The fourth-order valence-corrected chi connectivity index (χ4v) is 3.68. The minimum atomic E-state index is 0.0131. The van der Waals surface area contributed by atoms with Gasteiger partial charge in [0.05, 0.1) is 18.3 Å². The topological polar surface area (TPSA) is 106 Å². The summed E-state index contributed by atoms with van der Waals surface area (Å²) in [4.78, 5) is 0. The molecule has 1 unspecified atom stereocenters. The van der Waals surface area contributed by atoms with Crippen molar-refractivity contribution in [3.8, 4) is 0 Å². The Morgan fingerprint density at radius 3 is 2.83 bits per heavy atom. The third kappa shape index (κ3) is 4.60. The first-order valence-electron chi connectivity index (χ1n) is 9.76. The summed E-state index contributed by atoms with van der Waals surface area (Å²) in [6.07, 6.45) is 4.04. The lowest BCUT2D eigenvalue weighted by Crippen LogP contribution is -2.16. The van der Waals surface area contributed by atoms with Crippen LogP contribution in [-0.4, -0.2) is 24.9 Å². The molecule has 2 aromatic carbocycles. The maximum Gasteiger partial charge on any atom is 0.0682 e. The van der Waals surface area contributed by atoms with Crippen LogP contribution in [0, 0.1) is 5.41 Å². The molecule has 0 fully saturated rings. The van der Waals surface area contributed by atoms with E-state index in [1.54, 1.807) is 0 Å². The van der Waals surface area contributed by atoms with Crippen LogP contribution in [0.2, 0.25) is 0 Å². The predicted octanol–water partition coefficient (Wildman–Crippen LogP) is 3.18. The Morgan fingerprint density at radius 2 is 2.14 bits per heavy atom. The molecule has 29 heavy (non-hydrogen) atoms. The Hall–Kier alpha value is -3.25. The monoisotopic (exact) mass is 391 g/mol. The van der Waals surface area contributed by atoms with Crippen LogP contribution in [0.1, 0.15) is 41.6 Å². The van der Waals surface area contributed by atoms with E-state index >= 15 is 0 Å². The highest BCUT2D eigenvalue weighted by Gasteiger charge is 2.23. The van der Waals surface area contributed by atoms with E-state index < -0.39 is 0 Å². The number of hydrogen-bond acceptors (Lipinski definition) is 6. The molecule has 1 heterocycles. The maximum atomic E-state index is 9.45. The minimum absolute atomic E-state index is 0.0131. The van der Waals surface area contributed by atoms with E-state index in [1.165, 1.54) is 6.21 Å². The van der Waals surface area contributed by atoms with Crippen LogP contribution < -0.4 is 21.7 Å². The van der Waals surface area contributed by atoms with Crippen LogP contribution in [0.3, 0.4) is 0 Å². The maximum absolute atomic E-state index is 9.45. The number of hydrogen-bond donors (Lipinski definition) is 6. The molecule has 7 N–H and O–H groups in total. The Bertz CT molecular complexity index is 944. The van der Waals surface area contributed by atoms with Gasteiger partial charge in [0, 0.05) is 48.5 Å². The van der Waals surface area contributed by atoms with E-state index in [0.29, 0.717) is 0 Å². The van der Waals surface area contributed by atoms with Crippen LogP contribution in [0.25, 0.3) is 11.3 Å². The molecule has 0 saturated carbocycles. The summed E-state index contributed by atoms with van der Waals surface area (Å²) in [5.74, 6) is 0. The molecule has 152 valence electrons. The highest BCUT2D eigenvalue weighted by atomic mass is 16.3. The van der Waals surface area contributed by atoms with Gasteiger partial charge in [0.2, 0.25) is 0 Å². The van der Waals surface area contributed by atoms with Crippen molar-refractivity contribution in [1.29, 1.82) is 5.41 Å². The SMILES string of the molecule is CN/C=C(\C=N)c1ccc2c(c1)C(Nc1cccc(CO)c1)CCN/C2=C(/C)N. The van der Waals surface area contributed by atoms with Crippen LogP contribution in [0.15, 0.2) is 54.4 Å². The van der Waals surface area contributed by atoms with Gasteiger partial charge < -0.3 is 32.2 Å². The van der Waals surface area contributed by atoms with E-state index in [0.717, 1.165) is 57.9 Å². The van der Waals surface area contributed by atoms with Crippen molar-refractivity contribution in [3.63, 3.8) is 0 Å². The molecular formula is C23H29N5O. The van der Waals surface area contributed by atoms with Gasteiger partial charge in [-0.2, -0.15) is 0 Å². The second kappa shape index (κ2) is 9.30. The zero-order valence-electron chi connectivity index (χ0n) is 16.9. The fraction of sp³-hybridized carbons (Fsp3) is 0.261. The van der Waals surface area contributed by atoms with E-state index in [-0.39, 0.29) is 12.6 Å². The highest BCUT2D eigenvalue weighted by Crippen LogP contribution is 2.34. The van der Waals surface area contributed by atoms with Crippen LogP contribution >= 0.6 is 0 Å². The molecule has 0 saturated heterocycles. The minimum Gasteiger partial charge on any atom is -0.401 e. The van der Waals surface area contributed by atoms with Gasteiger partial charge in [0.25, 0.3) is 0 Å². The van der Waals surface area contributed by atoms with E-state index in [4.69, 9.17) is 11.1 Å². The molecule has 6 nitrogen and oxygen atoms in total. The molecule has 0 spiro atoms. The Morgan fingerprint density at radius 1 is 1.31 bits per heavy atom. The molecule has 3 rings (SSSR count). The first-order chi connectivity index (χ1) is 14.1. The smallest absolute Gasteiger partial charge is 0.0682 e. The Balaban J connectivity index is 2.08. The fourth-order valence-electron chi connectivity index (χ4n) is 3.68. The molecule has 6 heteroatoms. The van der Waals surface area contributed by atoms with Crippen molar-refractivity contribution >= 4 is 23.2 Å². The number of nitrogens with two attached hydrogens (primary N) is 1. The lowest BCUT2D eigenvalue weighted by Gasteiger charge is -2.22. The summed E-state index contributed by atoms with van der Waals surface area (Å²) in [5.41, 5.74) is 13.7. The highest BCUT2D eigenvalue weighted by molar-refractivity contribution is 6.08. The quantitative estimate of drug-likeness (QED) is 0.424. The number of rotatable bonds is 6. The molecule has 0 bridgehead atoms. The third-order valence-electron chi connectivity index (χ3n) is 5.06. The molecule has 2 aromatic rings. The van der Waals surface area contributed by atoms with Crippen LogP contribution in [-0.2, 0) is 6.61 Å². The summed E-state index contributed by atoms with van der Waals surface area (Å²) < 4.78 is 0. The number of aliphatic hydroxyl groups is 1. The summed E-state index contributed by atoms with van der Waals surface area (Å²) in [6, 6.07) is 14.1. The van der Waals surface area contributed by atoms with Crippen LogP contribution in [0.5, 0.6) is 0 Å². The van der Waals surface area contributed by atoms with Crippen LogP contribution in [0.4, 0.5) is 5.69 Å². The zero-order chi connectivity index (χ0) is 20.8. The standard InChI is InChI=1S/C23H29N5O/c1-15(25)23-20-7-6-17(18(12-24)13-26-2)11-21(20)22(8-9-27-23)28-19-5-3-4-16(10-19)14-29/h3-7,10-13,22,24,26-29H,8-9,14,25H2,1-2H3/b18-13+,23-15-,24-12?. The summed E-state index contributed by atoms with van der Waals surface area (Å²) in [5, 5.41) is 27.3.